The summed E-state index contributed by atoms with van der Waals surface area (Å²) in [6, 6.07) is 12.2. The molecule has 3 nitrogen and oxygen atoms in total. The summed E-state index contributed by atoms with van der Waals surface area (Å²) in [4.78, 5) is 9.15. The summed E-state index contributed by atoms with van der Waals surface area (Å²) in [6.45, 7) is 2.13. The molecule has 0 unspecified atom stereocenters. The Hall–Kier alpha value is -1.90. The van der Waals surface area contributed by atoms with Crippen LogP contribution in [0.15, 0.2) is 36.4 Å². The van der Waals surface area contributed by atoms with Crippen molar-refractivity contribution in [1.82, 2.24) is 9.97 Å². The highest BCUT2D eigenvalue weighted by Gasteiger charge is 2.25. The molecule has 0 atom stereocenters. The average molecular weight is 239 g/mol. The molecule has 0 spiro atoms. The minimum absolute atomic E-state index is 0.662. The van der Waals surface area contributed by atoms with Gasteiger partial charge in [0.1, 0.15) is 0 Å². The fourth-order valence-corrected chi connectivity index (χ4v) is 1.99. The van der Waals surface area contributed by atoms with Crippen LogP contribution in [0.25, 0.3) is 0 Å². The normalized spacial score (nSPS) is 14.5. The molecule has 3 rings (SSSR count). The summed E-state index contributed by atoms with van der Waals surface area (Å²) in [5.41, 5.74) is 3.35. The molecule has 2 aromatic rings. The van der Waals surface area contributed by atoms with E-state index in [1.54, 1.807) is 0 Å². The van der Waals surface area contributed by atoms with Gasteiger partial charge in [-0.1, -0.05) is 25.1 Å². The Morgan fingerprint density at radius 1 is 1.17 bits per heavy atom. The van der Waals surface area contributed by atoms with Crippen LogP contribution < -0.4 is 5.32 Å². The summed E-state index contributed by atoms with van der Waals surface area (Å²) in [6.07, 6.45) is 3.49. The molecule has 0 radical (unpaired) electrons. The monoisotopic (exact) mass is 239 g/mol. The molecule has 0 bridgehead atoms. The van der Waals surface area contributed by atoms with Crippen molar-refractivity contribution in [2.75, 3.05) is 5.32 Å². The molecule has 1 heterocycles. The number of hydrogen-bond donors (Lipinski definition) is 1. The molecule has 1 aromatic heterocycles. The predicted molar refractivity (Wildman–Crippen MR) is 73.1 cm³/mol. The first-order valence-electron chi connectivity index (χ1n) is 6.55. The van der Waals surface area contributed by atoms with Crippen molar-refractivity contribution >= 4 is 11.6 Å². The molecule has 1 aromatic carbocycles. The molecule has 1 N–H and O–H groups in total. The van der Waals surface area contributed by atoms with E-state index in [2.05, 4.69) is 28.3 Å². The smallest absolute Gasteiger partial charge is 0.227 e. The third-order valence-electron chi connectivity index (χ3n) is 3.19. The van der Waals surface area contributed by atoms with E-state index in [0.717, 1.165) is 23.8 Å². The maximum Gasteiger partial charge on any atom is 0.227 e. The van der Waals surface area contributed by atoms with Gasteiger partial charge in [-0.3, -0.25) is 0 Å². The van der Waals surface area contributed by atoms with E-state index in [-0.39, 0.29) is 0 Å². The summed E-state index contributed by atoms with van der Waals surface area (Å²) < 4.78 is 0. The van der Waals surface area contributed by atoms with Crippen molar-refractivity contribution in [1.29, 1.82) is 0 Å². The summed E-state index contributed by atoms with van der Waals surface area (Å²) >= 11 is 0. The van der Waals surface area contributed by atoms with E-state index in [1.165, 1.54) is 18.5 Å². The molecule has 1 saturated carbocycles. The van der Waals surface area contributed by atoms with Crippen molar-refractivity contribution in [2.45, 2.75) is 32.1 Å². The van der Waals surface area contributed by atoms with Gasteiger partial charge in [-0.15, -0.1) is 0 Å². The van der Waals surface area contributed by atoms with Crippen molar-refractivity contribution in [3.05, 3.63) is 47.8 Å². The second-order valence-corrected chi connectivity index (χ2v) is 4.73. The van der Waals surface area contributed by atoms with Crippen LogP contribution in [0.5, 0.6) is 0 Å². The first-order chi connectivity index (χ1) is 8.85. The van der Waals surface area contributed by atoms with Crippen LogP contribution in [0.3, 0.4) is 0 Å². The number of benzene rings is 1. The first kappa shape index (κ1) is 11.2. The third-order valence-corrected chi connectivity index (χ3v) is 3.19. The number of nitrogens with zero attached hydrogens (tertiary/aromatic N) is 2. The molecule has 1 aliphatic rings. The predicted octanol–water partition coefficient (Wildman–Crippen LogP) is 3.66. The van der Waals surface area contributed by atoms with Gasteiger partial charge in [-0.2, -0.15) is 0 Å². The summed E-state index contributed by atoms with van der Waals surface area (Å²) in [5, 5.41) is 3.28. The Bertz CT molecular complexity index is 533. The summed E-state index contributed by atoms with van der Waals surface area (Å²) in [5.74, 6) is 1.39. The minimum Gasteiger partial charge on any atom is -0.324 e. The lowest BCUT2D eigenvalue weighted by Gasteiger charge is -2.08. The Balaban J connectivity index is 1.88. The summed E-state index contributed by atoms with van der Waals surface area (Å²) in [7, 11) is 0. The maximum absolute atomic E-state index is 4.62. The number of rotatable bonds is 4. The van der Waals surface area contributed by atoms with Crippen LogP contribution in [0.2, 0.25) is 0 Å². The second kappa shape index (κ2) is 4.77. The SMILES string of the molecule is CCc1cc(C2CC2)nc(Nc2ccccc2)n1. The van der Waals surface area contributed by atoms with Gasteiger partial charge < -0.3 is 5.32 Å². The van der Waals surface area contributed by atoms with E-state index < -0.39 is 0 Å². The maximum atomic E-state index is 4.62. The number of para-hydroxylation sites is 1. The van der Waals surface area contributed by atoms with E-state index in [9.17, 15) is 0 Å². The lowest BCUT2D eigenvalue weighted by atomic mass is 10.2. The Morgan fingerprint density at radius 2 is 1.94 bits per heavy atom. The number of hydrogen-bond acceptors (Lipinski definition) is 3. The molecule has 92 valence electrons. The van der Waals surface area contributed by atoms with Gasteiger partial charge in [0.25, 0.3) is 0 Å². The van der Waals surface area contributed by atoms with Crippen LogP contribution >= 0.6 is 0 Å². The lowest BCUT2D eigenvalue weighted by Crippen LogP contribution is -2.02. The highest BCUT2D eigenvalue weighted by molar-refractivity contribution is 5.53. The van der Waals surface area contributed by atoms with Crippen molar-refractivity contribution in [2.24, 2.45) is 0 Å². The van der Waals surface area contributed by atoms with Crippen LogP contribution in [-0.2, 0) is 6.42 Å². The van der Waals surface area contributed by atoms with E-state index >= 15 is 0 Å². The minimum atomic E-state index is 0.662. The van der Waals surface area contributed by atoms with Crippen molar-refractivity contribution in [3.8, 4) is 0 Å². The van der Waals surface area contributed by atoms with Crippen LogP contribution in [-0.4, -0.2) is 9.97 Å². The van der Waals surface area contributed by atoms with Gasteiger partial charge >= 0.3 is 0 Å². The fraction of sp³-hybridized carbons (Fsp3) is 0.333. The molecule has 0 aliphatic heterocycles. The van der Waals surface area contributed by atoms with Crippen LogP contribution in [0, 0.1) is 0 Å². The lowest BCUT2D eigenvalue weighted by molar-refractivity contribution is 0.936. The van der Waals surface area contributed by atoms with Gasteiger partial charge in [-0.25, -0.2) is 9.97 Å². The van der Waals surface area contributed by atoms with Crippen LogP contribution in [0.1, 0.15) is 37.1 Å². The largest absolute Gasteiger partial charge is 0.324 e. The average Bonchev–Trinajstić information content (AvgIpc) is 3.24. The molecule has 18 heavy (non-hydrogen) atoms. The second-order valence-electron chi connectivity index (χ2n) is 4.73. The van der Waals surface area contributed by atoms with Gasteiger partial charge in [0.15, 0.2) is 0 Å². The molecule has 0 amide bonds. The highest BCUT2D eigenvalue weighted by atomic mass is 15.1. The standard InChI is InChI=1S/C15H17N3/c1-2-12-10-14(11-8-9-11)18-15(16-12)17-13-6-4-3-5-7-13/h3-7,10-11H,2,8-9H2,1H3,(H,16,17,18). The van der Waals surface area contributed by atoms with Gasteiger partial charge in [0.2, 0.25) is 5.95 Å². The Kier molecular flexibility index (Phi) is 2.97. The zero-order valence-electron chi connectivity index (χ0n) is 10.6. The molecule has 1 aliphatic carbocycles. The highest BCUT2D eigenvalue weighted by Crippen LogP contribution is 2.39. The molecule has 3 heteroatoms. The fourth-order valence-electron chi connectivity index (χ4n) is 1.99. The number of nitrogens with one attached hydrogen (secondary N) is 1. The van der Waals surface area contributed by atoms with Crippen LogP contribution in [0.4, 0.5) is 11.6 Å². The van der Waals surface area contributed by atoms with Crippen molar-refractivity contribution in [3.63, 3.8) is 0 Å². The third kappa shape index (κ3) is 2.50. The zero-order chi connectivity index (χ0) is 12.4. The van der Waals surface area contributed by atoms with E-state index in [4.69, 9.17) is 0 Å². The Labute approximate surface area is 107 Å². The van der Waals surface area contributed by atoms with E-state index in [1.807, 2.05) is 30.3 Å². The quantitative estimate of drug-likeness (QED) is 0.884. The van der Waals surface area contributed by atoms with Gasteiger partial charge in [0.05, 0.1) is 0 Å². The molecular formula is C15H17N3. The Morgan fingerprint density at radius 3 is 2.61 bits per heavy atom. The zero-order valence-corrected chi connectivity index (χ0v) is 10.6. The number of aryl methyl sites for hydroxylation is 1. The molecule has 1 fully saturated rings. The van der Waals surface area contributed by atoms with Gasteiger partial charge in [-0.05, 0) is 37.5 Å². The van der Waals surface area contributed by atoms with Gasteiger partial charge in [0, 0.05) is 23.0 Å². The number of anilines is 2. The first-order valence-corrected chi connectivity index (χ1v) is 6.55. The molecular weight excluding hydrogens is 222 g/mol. The van der Waals surface area contributed by atoms with E-state index in [0.29, 0.717) is 5.92 Å². The molecule has 0 saturated heterocycles. The number of aromatic nitrogens is 2. The van der Waals surface area contributed by atoms with Crippen molar-refractivity contribution < 1.29 is 0 Å². The topological polar surface area (TPSA) is 37.8 Å².